The van der Waals surface area contributed by atoms with Crippen molar-refractivity contribution in [3.63, 3.8) is 0 Å². The second-order valence-corrected chi connectivity index (χ2v) is 9.57. The number of carbonyl (C=O) groups is 1. The Morgan fingerprint density at radius 3 is 2.81 bits per heavy atom. The molecule has 1 amide bonds. The number of carbonyl (C=O) groups excluding carboxylic acids is 1. The zero-order valence-electron chi connectivity index (χ0n) is 15.5. The number of halogens is 1. The first-order chi connectivity index (χ1) is 12.2. The third-order valence-electron chi connectivity index (χ3n) is 5.22. The molecule has 3 rings (SSSR count). The Labute approximate surface area is 170 Å². The molecular weight excluding hydrogens is 384 g/mol. The Morgan fingerprint density at radius 1 is 1.46 bits per heavy atom. The predicted molar refractivity (Wildman–Crippen MR) is 117 cm³/mol. The van der Waals surface area contributed by atoms with Crippen LogP contribution in [0.3, 0.4) is 0 Å². The Kier molecular flexibility index (Phi) is 5.26. The van der Waals surface area contributed by atoms with E-state index in [2.05, 4.69) is 45.4 Å². The molecule has 1 saturated heterocycles. The van der Waals surface area contributed by atoms with Crippen LogP contribution >= 0.6 is 35.6 Å². The molecule has 1 atom stereocenters. The molecule has 2 aliphatic heterocycles. The van der Waals surface area contributed by atoms with Crippen molar-refractivity contribution < 1.29 is 4.79 Å². The van der Waals surface area contributed by atoms with Crippen LogP contribution in [0.15, 0.2) is 29.7 Å². The van der Waals surface area contributed by atoms with Crippen LogP contribution in [-0.2, 0) is 4.79 Å². The SMILES string of the molecule is C=CCN1C(=O)/C(=C\c2cc3c(cc2Cl)N(C)C(C)(C)CC3C)SC1=S. The van der Waals surface area contributed by atoms with E-state index in [1.165, 1.54) is 17.3 Å². The topological polar surface area (TPSA) is 23.6 Å². The van der Waals surface area contributed by atoms with E-state index < -0.39 is 0 Å². The van der Waals surface area contributed by atoms with Crippen LogP contribution in [0.5, 0.6) is 0 Å². The number of rotatable bonds is 3. The van der Waals surface area contributed by atoms with Crippen molar-refractivity contribution in [2.75, 3.05) is 18.5 Å². The molecule has 26 heavy (non-hydrogen) atoms. The van der Waals surface area contributed by atoms with Gasteiger partial charge in [-0.2, -0.15) is 0 Å². The summed E-state index contributed by atoms with van der Waals surface area (Å²) in [6, 6.07) is 4.14. The third kappa shape index (κ3) is 3.32. The number of thiocarbonyl (C=S) groups is 1. The van der Waals surface area contributed by atoms with Crippen LogP contribution in [0.2, 0.25) is 5.02 Å². The van der Waals surface area contributed by atoms with Gasteiger partial charge < -0.3 is 4.90 Å². The fraction of sp³-hybridized carbons (Fsp3) is 0.400. The lowest BCUT2D eigenvalue weighted by molar-refractivity contribution is -0.121. The molecule has 0 N–H and O–H groups in total. The van der Waals surface area contributed by atoms with Gasteiger partial charge >= 0.3 is 0 Å². The average Bonchev–Trinajstić information content (AvgIpc) is 2.82. The fourth-order valence-electron chi connectivity index (χ4n) is 3.64. The van der Waals surface area contributed by atoms with E-state index in [9.17, 15) is 4.79 Å². The van der Waals surface area contributed by atoms with Crippen molar-refractivity contribution in [2.45, 2.75) is 38.6 Å². The number of anilines is 1. The molecule has 2 aliphatic rings. The van der Waals surface area contributed by atoms with E-state index in [4.69, 9.17) is 23.8 Å². The highest BCUT2D eigenvalue weighted by molar-refractivity contribution is 8.26. The summed E-state index contributed by atoms with van der Waals surface area (Å²) >= 11 is 13.2. The van der Waals surface area contributed by atoms with Gasteiger partial charge in [-0.3, -0.25) is 9.69 Å². The smallest absolute Gasteiger partial charge is 0.266 e. The highest BCUT2D eigenvalue weighted by Crippen LogP contribution is 2.45. The van der Waals surface area contributed by atoms with Crippen molar-refractivity contribution >= 4 is 57.6 Å². The van der Waals surface area contributed by atoms with Gasteiger partial charge in [0.25, 0.3) is 5.91 Å². The molecule has 1 aromatic rings. The maximum absolute atomic E-state index is 12.6. The maximum atomic E-state index is 12.6. The molecule has 0 radical (unpaired) electrons. The molecule has 0 aromatic heterocycles. The van der Waals surface area contributed by atoms with Gasteiger partial charge in [0.05, 0.1) is 4.91 Å². The molecule has 0 spiro atoms. The third-order valence-corrected chi connectivity index (χ3v) is 6.93. The number of fused-ring (bicyclic) bond motifs is 1. The van der Waals surface area contributed by atoms with E-state index in [0.717, 1.165) is 17.7 Å². The Bertz CT molecular complexity index is 831. The summed E-state index contributed by atoms with van der Waals surface area (Å²) in [4.78, 5) is 17.0. The predicted octanol–water partition coefficient (Wildman–Crippen LogP) is 5.45. The molecule has 2 heterocycles. The Hall–Kier alpha value is -1.30. The normalized spacial score (nSPS) is 23.6. The quantitative estimate of drug-likeness (QED) is 0.378. The minimum absolute atomic E-state index is 0.0833. The fourth-order valence-corrected chi connectivity index (χ4v) is 5.12. The van der Waals surface area contributed by atoms with Crippen LogP contribution in [0, 0.1) is 0 Å². The summed E-state index contributed by atoms with van der Waals surface area (Å²) < 4.78 is 0.560. The number of thioether (sulfide) groups is 1. The van der Waals surface area contributed by atoms with Crippen molar-refractivity contribution in [3.8, 4) is 0 Å². The first kappa shape index (κ1) is 19.5. The van der Waals surface area contributed by atoms with Crippen LogP contribution in [0.1, 0.15) is 44.2 Å². The van der Waals surface area contributed by atoms with E-state index >= 15 is 0 Å². The second kappa shape index (κ2) is 7.02. The Balaban J connectivity index is 2.01. The lowest BCUT2D eigenvalue weighted by Crippen LogP contribution is -2.45. The Morgan fingerprint density at radius 2 is 2.15 bits per heavy atom. The standard InChI is InChI=1S/C20H23ClN2OS2/c1-6-7-23-18(24)17(26-19(23)25)9-13-8-14-12(2)11-20(3,4)22(5)16(14)10-15(13)21/h6,8-10,12H,1,7,11H2,2-5H3/b17-9+. The molecule has 0 aliphatic carbocycles. The van der Waals surface area contributed by atoms with Gasteiger partial charge in [0.15, 0.2) is 0 Å². The van der Waals surface area contributed by atoms with E-state index in [0.29, 0.717) is 26.7 Å². The van der Waals surface area contributed by atoms with Crippen LogP contribution in [-0.4, -0.2) is 34.3 Å². The maximum Gasteiger partial charge on any atom is 0.266 e. The van der Waals surface area contributed by atoms with E-state index in [1.54, 1.807) is 11.0 Å². The summed E-state index contributed by atoms with van der Waals surface area (Å²) in [5, 5.41) is 0.648. The largest absolute Gasteiger partial charge is 0.369 e. The summed E-state index contributed by atoms with van der Waals surface area (Å²) in [6.07, 6.45) is 4.61. The zero-order valence-corrected chi connectivity index (χ0v) is 17.9. The molecule has 0 bridgehead atoms. The molecule has 1 fully saturated rings. The minimum Gasteiger partial charge on any atom is -0.369 e. The van der Waals surface area contributed by atoms with Crippen molar-refractivity contribution in [1.29, 1.82) is 0 Å². The molecule has 3 nitrogen and oxygen atoms in total. The lowest BCUT2D eigenvalue weighted by atomic mass is 9.80. The molecule has 0 saturated carbocycles. The summed E-state index contributed by atoms with van der Waals surface area (Å²) in [5.41, 5.74) is 3.38. The van der Waals surface area contributed by atoms with Gasteiger partial charge in [0, 0.05) is 29.8 Å². The number of benzene rings is 1. The molecule has 138 valence electrons. The number of hydrogen-bond donors (Lipinski definition) is 0. The second-order valence-electron chi connectivity index (χ2n) is 7.49. The van der Waals surface area contributed by atoms with Crippen molar-refractivity contribution in [1.82, 2.24) is 4.90 Å². The van der Waals surface area contributed by atoms with Crippen molar-refractivity contribution in [2.24, 2.45) is 0 Å². The molecule has 1 unspecified atom stereocenters. The first-order valence-electron chi connectivity index (χ1n) is 8.59. The van der Waals surface area contributed by atoms with Gasteiger partial charge in [-0.1, -0.05) is 48.6 Å². The minimum atomic E-state index is -0.0833. The highest BCUT2D eigenvalue weighted by Gasteiger charge is 2.35. The summed E-state index contributed by atoms with van der Waals surface area (Å²) in [7, 11) is 2.11. The number of amides is 1. The van der Waals surface area contributed by atoms with Crippen LogP contribution in [0.25, 0.3) is 6.08 Å². The number of hydrogen-bond acceptors (Lipinski definition) is 4. The number of nitrogens with zero attached hydrogens (tertiary/aromatic N) is 2. The van der Waals surface area contributed by atoms with E-state index in [1.807, 2.05) is 12.1 Å². The summed E-state index contributed by atoms with van der Waals surface area (Å²) in [6.45, 7) is 10.9. The monoisotopic (exact) mass is 406 g/mol. The molecule has 6 heteroatoms. The van der Waals surface area contributed by atoms with Gasteiger partial charge in [0.2, 0.25) is 0 Å². The molecule has 1 aromatic carbocycles. The zero-order chi connectivity index (χ0) is 19.2. The van der Waals surface area contributed by atoms with Gasteiger partial charge in [-0.25, -0.2) is 0 Å². The summed E-state index contributed by atoms with van der Waals surface area (Å²) in [5.74, 6) is 0.343. The van der Waals surface area contributed by atoms with Crippen LogP contribution < -0.4 is 4.90 Å². The van der Waals surface area contributed by atoms with Crippen LogP contribution in [0.4, 0.5) is 5.69 Å². The molecular formula is C20H23ClN2OS2. The average molecular weight is 407 g/mol. The van der Waals surface area contributed by atoms with Gasteiger partial charge in [-0.05, 0) is 55.5 Å². The van der Waals surface area contributed by atoms with Gasteiger partial charge in [-0.15, -0.1) is 6.58 Å². The lowest BCUT2D eigenvalue weighted by Gasteiger charge is -2.45. The van der Waals surface area contributed by atoms with Crippen molar-refractivity contribution in [3.05, 3.63) is 45.8 Å². The highest BCUT2D eigenvalue weighted by atomic mass is 35.5. The van der Waals surface area contributed by atoms with Gasteiger partial charge in [0.1, 0.15) is 4.32 Å². The van der Waals surface area contributed by atoms with E-state index in [-0.39, 0.29) is 11.4 Å². The first-order valence-corrected chi connectivity index (χ1v) is 10.2.